The zero-order chi connectivity index (χ0) is 13.3. The van der Waals surface area contributed by atoms with E-state index in [2.05, 4.69) is 6.07 Å². The van der Waals surface area contributed by atoms with Crippen LogP contribution < -0.4 is 5.76 Å². The van der Waals surface area contributed by atoms with Crippen LogP contribution in [0.25, 0.3) is 11.1 Å². The summed E-state index contributed by atoms with van der Waals surface area (Å²) in [6, 6.07) is 7.96. The van der Waals surface area contributed by atoms with Crippen molar-refractivity contribution in [1.29, 1.82) is 5.26 Å². The molecule has 4 heteroatoms. The molecule has 0 aliphatic rings. The van der Waals surface area contributed by atoms with Gasteiger partial charge in [-0.05, 0) is 30.0 Å². The molecule has 0 N–H and O–H groups in total. The lowest BCUT2D eigenvalue weighted by molar-refractivity contribution is 0.474. The third-order valence-electron chi connectivity index (χ3n) is 3.28. The molecule has 0 bridgehead atoms. The Morgan fingerprint density at radius 2 is 2.17 bits per heavy atom. The molecule has 0 radical (unpaired) electrons. The number of fused-ring (bicyclic) bond motifs is 1. The summed E-state index contributed by atoms with van der Waals surface area (Å²) in [5.41, 5.74) is 2.42. The van der Waals surface area contributed by atoms with Gasteiger partial charge in [0.2, 0.25) is 0 Å². The number of nitrogens with zero attached hydrogens (tertiary/aromatic N) is 2. The summed E-state index contributed by atoms with van der Waals surface area (Å²) >= 11 is 0. The quantitative estimate of drug-likeness (QED) is 0.833. The van der Waals surface area contributed by atoms with Crippen molar-refractivity contribution < 1.29 is 4.42 Å². The van der Waals surface area contributed by atoms with Gasteiger partial charge in [-0.15, -0.1) is 0 Å². The highest BCUT2D eigenvalue weighted by Crippen LogP contribution is 2.20. The first-order valence-corrected chi connectivity index (χ1v) is 6.01. The van der Waals surface area contributed by atoms with Crippen molar-refractivity contribution in [3.8, 4) is 6.07 Å². The fraction of sp³-hybridized carbons (Fsp3) is 0.429. The average molecular weight is 244 g/mol. The van der Waals surface area contributed by atoms with Gasteiger partial charge in [0.1, 0.15) is 0 Å². The van der Waals surface area contributed by atoms with E-state index in [1.54, 1.807) is 13.1 Å². The minimum Gasteiger partial charge on any atom is -0.408 e. The standard InChI is InChI=1S/C14H16N2O2/c1-9(2)11(8-15)6-10-4-5-13-12(7-10)16(3)14(17)18-13/h4-5,7,9,11H,6H2,1-3H3. The Morgan fingerprint density at radius 1 is 1.44 bits per heavy atom. The Hall–Kier alpha value is -2.02. The van der Waals surface area contributed by atoms with Crippen molar-refractivity contribution in [3.63, 3.8) is 0 Å². The van der Waals surface area contributed by atoms with Crippen molar-refractivity contribution in [1.82, 2.24) is 4.57 Å². The SMILES string of the molecule is CC(C)C(C#N)Cc1ccc2oc(=O)n(C)c2c1. The van der Waals surface area contributed by atoms with Crippen LogP contribution in [-0.2, 0) is 13.5 Å². The van der Waals surface area contributed by atoms with Gasteiger partial charge in [0.05, 0.1) is 17.5 Å². The Bertz CT molecular complexity index is 658. The zero-order valence-corrected chi connectivity index (χ0v) is 10.8. The van der Waals surface area contributed by atoms with E-state index in [1.165, 1.54) is 4.57 Å². The molecule has 1 atom stereocenters. The summed E-state index contributed by atoms with van der Waals surface area (Å²) in [6.45, 7) is 4.08. The summed E-state index contributed by atoms with van der Waals surface area (Å²) in [5, 5.41) is 9.11. The number of benzene rings is 1. The van der Waals surface area contributed by atoms with E-state index < -0.39 is 0 Å². The van der Waals surface area contributed by atoms with E-state index >= 15 is 0 Å². The Labute approximate surface area is 105 Å². The third-order valence-corrected chi connectivity index (χ3v) is 3.28. The average Bonchev–Trinajstić information content (AvgIpc) is 2.62. The Kier molecular flexibility index (Phi) is 3.24. The van der Waals surface area contributed by atoms with E-state index in [-0.39, 0.29) is 11.7 Å². The third kappa shape index (κ3) is 2.17. The fourth-order valence-electron chi connectivity index (χ4n) is 1.98. The Morgan fingerprint density at radius 3 is 2.78 bits per heavy atom. The number of nitriles is 1. The first kappa shape index (κ1) is 12.4. The van der Waals surface area contributed by atoms with Crippen LogP contribution in [0.15, 0.2) is 27.4 Å². The van der Waals surface area contributed by atoms with Crippen molar-refractivity contribution in [2.24, 2.45) is 18.9 Å². The predicted molar refractivity (Wildman–Crippen MR) is 69.1 cm³/mol. The lowest BCUT2D eigenvalue weighted by Gasteiger charge is -2.12. The highest BCUT2D eigenvalue weighted by molar-refractivity contribution is 5.73. The molecule has 0 spiro atoms. The van der Waals surface area contributed by atoms with Crippen molar-refractivity contribution in [2.45, 2.75) is 20.3 Å². The van der Waals surface area contributed by atoms with Crippen LogP contribution in [-0.4, -0.2) is 4.57 Å². The zero-order valence-electron chi connectivity index (χ0n) is 10.8. The minimum atomic E-state index is -0.358. The van der Waals surface area contributed by atoms with E-state index in [1.807, 2.05) is 26.0 Å². The van der Waals surface area contributed by atoms with E-state index in [0.717, 1.165) is 11.1 Å². The summed E-state index contributed by atoms with van der Waals surface area (Å²) in [6.07, 6.45) is 0.698. The molecule has 2 aromatic rings. The van der Waals surface area contributed by atoms with Crippen molar-refractivity contribution in [2.75, 3.05) is 0 Å². The largest absolute Gasteiger partial charge is 0.419 e. The number of hydrogen-bond donors (Lipinski definition) is 0. The number of rotatable bonds is 3. The molecule has 94 valence electrons. The number of aryl methyl sites for hydroxylation is 1. The van der Waals surface area contributed by atoms with Gasteiger partial charge >= 0.3 is 5.76 Å². The van der Waals surface area contributed by atoms with Gasteiger partial charge in [0, 0.05) is 7.05 Å². The maximum Gasteiger partial charge on any atom is 0.419 e. The molecular weight excluding hydrogens is 228 g/mol. The molecule has 0 saturated heterocycles. The van der Waals surface area contributed by atoms with Crippen molar-refractivity contribution in [3.05, 3.63) is 34.3 Å². The van der Waals surface area contributed by atoms with Gasteiger partial charge < -0.3 is 4.42 Å². The van der Waals surface area contributed by atoms with Gasteiger partial charge in [0.25, 0.3) is 0 Å². The number of hydrogen-bond acceptors (Lipinski definition) is 3. The summed E-state index contributed by atoms with van der Waals surface area (Å²) < 4.78 is 6.56. The molecule has 0 fully saturated rings. The van der Waals surface area contributed by atoms with E-state index in [4.69, 9.17) is 9.68 Å². The number of oxazole rings is 1. The molecule has 0 amide bonds. The molecule has 2 rings (SSSR count). The van der Waals surface area contributed by atoms with Crippen LogP contribution in [0.5, 0.6) is 0 Å². The van der Waals surface area contributed by atoms with Crippen LogP contribution in [0.4, 0.5) is 0 Å². The maximum atomic E-state index is 11.4. The molecule has 0 saturated carbocycles. The van der Waals surface area contributed by atoms with Gasteiger partial charge in [-0.3, -0.25) is 4.57 Å². The van der Waals surface area contributed by atoms with Crippen LogP contribution in [0.3, 0.4) is 0 Å². The van der Waals surface area contributed by atoms with E-state index in [0.29, 0.717) is 17.9 Å². The maximum absolute atomic E-state index is 11.4. The van der Waals surface area contributed by atoms with Crippen molar-refractivity contribution >= 4 is 11.1 Å². The van der Waals surface area contributed by atoms with E-state index in [9.17, 15) is 4.79 Å². The molecule has 4 nitrogen and oxygen atoms in total. The highest BCUT2D eigenvalue weighted by Gasteiger charge is 2.14. The monoisotopic (exact) mass is 244 g/mol. The molecule has 1 heterocycles. The van der Waals surface area contributed by atoms with Crippen LogP contribution in [0.2, 0.25) is 0 Å². The molecule has 1 unspecified atom stereocenters. The Balaban J connectivity index is 2.39. The predicted octanol–water partition coefficient (Wildman–Crippen LogP) is 2.47. The second-order valence-corrected chi connectivity index (χ2v) is 4.91. The van der Waals surface area contributed by atoms with Crippen LogP contribution >= 0.6 is 0 Å². The second kappa shape index (κ2) is 4.69. The first-order chi connectivity index (χ1) is 8.52. The smallest absolute Gasteiger partial charge is 0.408 e. The molecular formula is C14H16N2O2. The van der Waals surface area contributed by atoms with Crippen LogP contribution in [0, 0.1) is 23.2 Å². The lowest BCUT2D eigenvalue weighted by Crippen LogP contribution is -2.10. The molecule has 18 heavy (non-hydrogen) atoms. The van der Waals surface area contributed by atoms with Gasteiger partial charge in [0.15, 0.2) is 5.58 Å². The second-order valence-electron chi connectivity index (χ2n) is 4.91. The van der Waals surface area contributed by atoms with Gasteiger partial charge in [-0.1, -0.05) is 19.9 Å². The van der Waals surface area contributed by atoms with Gasteiger partial charge in [-0.2, -0.15) is 5.26 Å². The first-order valence-electron chi connectivity index (χ1n) is 6.01. The number of aromatic nitrogens is 1. The molecule has 1 aromatic heterocycles. The summed E-state index contributed by atoms with van der Waals surface area (Å²) in [5.74, 6) is -0.0481. The van der Waals surface area contributed by atoms with Crippen LogP contribution in [0.1, 0.15) is 19.4 Å². The fourth-order valence-corrected chi connectivity index (χ4v) is 1.98. The molecule has 1 aromatic carbocycles. The molecule has 0 aliphatic heterocycles. The summed E-state index contributed by atoms with van der Waals surface area (Å²) in [7, 11) is 1.68. The highest BCUT2D eigenvalue weighted by atomic mass is 16.4. The topological polar surface area (TPSA) is 58.9 Å². The lowest BCUT2D eigenvalue weighted by atomic mass is 9.90. The summed E-state index contributed by atoms with van der Waals surface area (Å²) in [4.78, 5) is 11.4. The minimum absolute atomic E-state index is 0.00798. The normalized spacial score (nSPS) is 12.8. The van der Waals surface area contributed by atoms with Gasteiger partial charge in [-0.25, -0.2) is 4.79 Å². The molecule has 0 aliphatic carbocycles.